The Balaban J connectivity index is 1.22. The number of anilines is 1. The number of aromatic nitrogens is 1. The third-order valence-electron chi connectivity index (χ3n) is 6.64. The summed E-state index contributed by atoms with van der Waals surface area (Å²) in [5.74, 6) is -1.41. The van der Waals surface area contributed by atoms with E-state index in [1.807, 2.05) is 24.3 Å². The zero-order valence-electron chi connectivity index (χ0n) is 20.4. The van der Waals surface area contributed by atoms with Gasteiger partial charge in [0.15, 0.2) is 5.76 Å². The Morgan fingerprint density at radius 1 is 1.00 bits per heavy atom. The lowest BCUT2D eigenvalue weighted by Crippen LogP contribution is -2.38. The van der Waals surface area contributed by atoms with Gasteiger partial charge >= 0.3 is 0 Å². The van der Waals surface area contributed by atoms with Gasteiger partial charge in [-0.1, -0.05) is 12.1 Å². The molecular formula is C29H25F2N3O4. The molecule has 1 aliphatic rings. The Bertz CT molecular complexity index is 1440. The highest BCUT2D eigenvalue weighted by Crippen LogP contribution is 2.31. The van der Waals surface area contributed by atoms with Crippen molar-refractivity contribution in [3.63, 3.8) is 0 Å². The van der Waals surface area contributed by atoms with Gasteiger partial charge in [-0.05, 0) is 72.9 Å². The molecule has 5 rings (SSSR count). The molecule has 9 heteroatoms. The maximum absolute atomic E-state index is 13.8. The molecule has 2 amide bonds. The number of carbonyl (C=O) groups excluding carboxylic acids is 2. The van der Waals surface area contributed by atoms with Gasteiger partial charge in [-0.15, -0.1) is 0 Å². The average Bonchev–Trinajstić information content (AvgIpc) is 3.42. The van der Waals surface area contributed by atoms with E-state index in [0.29, 0.717) is 30.1 Å². The molecule has 0 spiro atoms. The monoisotopic (exact) mass is 517 g/mol. The molecule has 2 aromatic carbocycles. The number of likely N-dealkylation sites (tertiary alicyclic amines) is 1. The van der Waals surface area contributed by atoms with Gasteiger partial charge in [-0.3, -0.25) is 14.6 Å². The summed E-state index contributed by atoms with van der Waals surface area (Å²) >= 11 is 0. The minimum Gasteiger partial charge on any atom is -0.453 e. The normalized spacial score (nSPS) is 13.9. The van der Waals surface area contributed by atoms with Gasteiger partial charge in [0.2, 0.25) is 0 Å². The second kappa shape index (κ2) is 10.9. The van der Waals surface area contributed by atoms with Gasteiger partial charge in [0.25, 0.3) is 11.8 Å². The SMILES string of the molecule is O=C(Nc1ccc(C2CCN(C(=O)c3cccnc3-c3cc(F)cc(F)c3)CC2)cc1)c1ccc(CO)o1. The van der Waals surface area contributed by atoms with Crippen molar-refractivity contribution in [3.05, 3.63) is 107 Å². The number of hydrogen-bond acceptors (Lipinski definition) is 5. The number of halogens is 2. The first-order valence-electron chi connectivity index (χ1n) is 12.2. The number of rotatable bonds is 6. The summed E-state index contributed by atoms with van der Waals surface area (Å²) in [4.78, 5) is 31.6. The summed E-state index contributed by atoms with van der Waals surface area (Å²) < 4.78 is 32.8. The van der Waals surface area contributed by atoms with Crippen LogP contribution in [0, 0.1) is 11.6 Å². The number of pyridine rings is 1. The maximum atomic E-state index is 13.8. The van der Waals surface area contributed by atoms with Crippen LogP contribution in [0.5, 0.6) is 0 Å². The van der Waals surface area contributed by atoms with E-state index in [-0.39, 0.29) is 35.4 Å². The molecule has 3 heterocycles. The van der Waals surface area contributed by atoms with Crippen LogP contribution in [0.2, 0.25) is 0 Å². The van der Waals surface area contributed by atoms with Crippen LogP contribution in [-0.4, -0.2) is 39.9 Å². The topological polar surface area (TPSA) is 95.7 Å². The lowest BCUT2D eigenvalue weighted by atomic mass is 9.89. The molecule has 0 radical (unpaired) electrons. The fourth-order valence-corrected chi connectivity index (χ4v) is 4.70. The molecule has 38 heavy (non-hydrogen) atoms. The lowest BCUT2D eigenvalue weighted by Gasteiger charge is -2.32. The molecule has 0 unspecified atom stereocenters. The van der Waals surface area contributed by atoms with Crippen molar-refractivity contribution in [1.29, 1.82) is 0 Å². The summed E-state index contributed by atoms with van der Waals surface area (Å²) in [5.41, 5.74) is 2.49. The third kappa shape index (κ3) is 5.47. The molecule has 0 saturated carbocycles. The number of furan rings is 1. The van der Waals surface area contributed by atoms with Gasteiger partial charge < -0.3 is 19.7 Å². The molecule has 2 aromatic heterocycles. The quantitative estimate of drug-likeness (QED) is 0.358. The third-order valence-corrected chi connectivity index (χ3v) is 6.64. The van der Waals surface area contributed by atoms with Crippen molar-refractivity contribution in [2.75, 3.05) is 18.4 Å². The average molecular weight is 518 g/mol. The number of nitrogens with zero attached hydrogens (tertiary/aromatic N) is 2. The predicted octanol–water partition coefficient (Wildman–Crippen LogP) is 5.38. The highest BCUT2D eigenvalue weighted by atomic mass is 19.1. The number of carbonyl (C=O) groups is 2. The fourth-order valence-electron chi connectivity index (χ4n) is 4.70. The van der Waals surface area contributed by atoms with E-state index in [9.17, 15) is 18.4 Å². The van der Waals surface area contributed by atoms with Crippen molar-refractivity contribution in [1.82, 2.24) is 9.88 Å². The van der Waals surface area contributed by atoms with Crippen molar-refractivity contribution < 1.29 is 27.9 Å². The Hall–Kier alpha value is -4.37. The first-order valence-corrected chi connectivity index (χ1v) is 12.2. The van der Waals surface area contributed by atoms with E-state index in [2.05, 4.69) is 10.3 Å². The molecule has 1 aliphatic heterocycles. The first-order chi connectivity index (χ1) is 18.4. The highest BCUT2D eigenvalue weighted by Gasteiger charge is 2.27. The fraction of sp³-hybridized carbons (Fsp3) is 0.207. The highest BCUT2D eigenvalue weighted by molar-refractivity contribution is 6.02. The molecule has 1 saturated heterocycles. The van der Waals surface area contributed by atoms with Crippen LogP contribution in [0.4, 0.5) is 14.5 Å². The van der Waals surface area contributed by atoms with Crippen molar-refractivity contribution >= 4 is 17.5 Å². The molecule has 4 aromatic rings. The van der Waals surface area contributed by atoms with Gasteiger partial charge in [-0.25, -0.2) is 8.78 Å². The van der Waals surface area contributed by atoms with Crippen LogP contribution in [0.3, 0.4) is 0 Å². The van der Waals surface area contributed by atoms with E-state index in [0.717, 1.165) is 24.5 Å². The van der Waals surface area contributed by atoms with E-state index in [1.165, 1.54) is 24.4 Å². The number of nitrogens with one attached hydrogen (secondary N) is 1. The Morgan fingerprint density at radius 3 is 2.37 bits per heavy atom. The maximum Gasteiger partial charge on any atom is 0.291 e. The molecule has 7 nitrogen and oxygen atoms in total. The summed E-state index contributed by atoms with van der Waals surface area (Å²) in [6.07, 6.45) is 2.99. The number of aliphatic hydroxyl groups is 1. The molecule has 0 atom stereocenters. The molecule has 2 N–H and O–H groups in total. The standard InChI is InChI=1S/C29H25F2N3O4/c30-21-14-20(15-22(31)16-21)27-25(2-1-11-32-27)29(37)34-12-9-19(10-13-34)18-3-5-23(6-4-18)33-28(36)26-8-7-24(17-35)38-26/h1-8,11,14-16,19,35H,9-10,12-13,17H2,(H,33,36). The largest absolute Gasteiger partial charge is 0.453 e. The van der Waals surface area contributed by atoms with Gasteiger partial charge in [0.1, 0.15) is 24.0 Å². The number of amides is 2. The van der Waals surface area contributed by atoms with Crippen molar-refractivity contribution in [3.8, 4) is 11.3 Å². The first kappa shape index (κ1) is 25.3. The molecule has 0 bridgehead atoms. The summed E-state index contributed by atoms with van der Waals surface area (Å²) in [7, 11) is 0. The van der Waals surface area contributed by atoms with Crippen molar-refractivity contribution in [2.24, 2.45) is 0 Å². The predicted molar refractivity (Wildman–Crippen MR) is 136 cm³/mol. The Kier molecular flexibility index (Phi) is 7.28. The minimum atomic E-state index is -0.729. The number of piperidine rings is 1. The number of aliphatic hydroxyl groups excluding tert-OH is 1. The molecule has 0 aliphatic carbocycles. The van der Waals surface area contributed by atoms with E-state index < -0.39 is 17.5 Å². The second-order valence-corrected chi connectivity index (χ2v) is 9.12. The lowest BCUT2D eigenvalue weighted by molar-refractivity contribution is 0.0713. The van der Waals surface area contributed by atoms with Crippen molar-refractivity contribution in [2.45, 2.75) is 25.4 Å². The second-order valence-electron chi connectivity index (χ2n) is 9.12. The summed E-state index contributed by atoms with van der Waals surface area (Å²) in [6.45, 7) is 0.780. The van der Waals surface area contributed by atoms with E-state index >= 15 is 0 Å². The number of hydrogen-bond donors (Lipinski definition) is 2. The smallest absolute Gasteiger partial charge is 0.291 e. The number of benzene rings is 2. The van der Waals surface area contributed by atoms with Crippen LogP contribution in [0.25, 0.3) is 11.3 Å². The van der Waals surface area contributed by atoms with Crippen LogP contribution in [0.15, 0.2) is 77.3 Å². The van der Waals surface area contributed by atoms with Gasteiger partial charge in [0, 0.05) is 36.6 Å². The Morgan fingerprint density at radius 2 is 1.71 bits per heavy atom. The minimum absolute atomic E-state index is 0.120. The molecular weight excluding hydrogens is 492 g/mol. The van der Waals surface area contributed by atoms with Crippen LogP contribution < -0.4 is 5.32 Å². The summed E-state index contributed by atoms with van der Waals surface area (Å²) in [5, 5.41) is 11.9. The van der Waals surface area contributed by atoms with E-state index in [1.54, 1.807) is 23.1 Å². The molecule has 194 valence electrons. The zero-order chi connectivity index (χ0) is 26.6. The van der Waals surface area contributed by atoms with Gasteiger partial charge in [0.05, 0.1) is 11.3 Å². The van der Waals surface area contributed by atoms with Gasteiger partial charge in [-0.2, -0.15) is 0 Å². The molecule has 1 fully saturated rings. The van der Waals surface area contributed by atoms with Crippen LogP contribution in [0.1, 0.15) is 51.0 Å². The van der Waals surface area contributed by atoms with Crippen LogP contribution >= 0.6 is 0 Å². The zero-order valence-corrected chi connectivity index (χ0v) is 20.4. The summed E-state index contributed by atoms with van der Waals surface area (Å²) in [6, 6.07) is 17.0. The Labute approximate surface area is 217 Å². The van der Waals surface area contributed by atoms with Crippen LogP contribution in [-0.2, 0) is 6.61 Å². The van der Waals surface area contributed by atoms with E-state index in [4.69, 9.17) is 9.52 Å².